The van der Waals surface area contributed by atoms with Crippen LogP contribution in [0.3, 0.4) is 0 Å². The number of carbonyl (C=O) groups is 1. The summed E-state index contributed by atoms with van der Waals surface area (Å²) >= 11 is 0. The van der Waals surface area contributed by atoms with E-state index in [9.17, 15) is 4.79 Å². The molecule has 0 aromatic heterocycles. The third-order valence-corrected chi connectivity index (χ3v) is 3.69. The summed E-state index contributed by atoms with van der Waals surface area (Å²) in [5, 5.41) is 6.42. The van der Waals surface area contributed by atoms with E-state index in [0.717, 1.165) is 19.4 Å². The van der Waals surface area contributed by atoms with Crippen molar-refractivity contribution in [2.45, 2.75) is 18.4 Å². The first-order chi connectivity index (χ1) is 9.71. The van der Waals surface area contributed by atoms with E-state index in [1.807, 2.05) is 12.1 Å². The van der Waals surface area contributed by atoms with Crippen LogP contribution < -0.4 is 15.4 Å². The van der Waals surface area contributed by atoms with Gasteiger partial charge in [-0.05, 0) is 31.5 Å². The largest absolute Gasteiger partial charge is 0.496 e. The standard InChI is InChI=1S/C15H22N2O3.ClH/c1-19-11-15(8-5-9-17-15)10-16-14(18)12-6-3-4-7-13(12)20-2;/h3-4,6-7,17H,5,8-11H2,1-2H3,(H,16,18);1H. The molecular weight excluding hydrogens is 292 g/mol. The van der Waals surface area contributed by atoms with Crippen LogP contribution in [0.25, 0.3) is 0 Å². The van der Waals surface area contributed by atoms with Gasteiger partial charge in [0.15, 0.2) is 0 Å². The van der Waals surface area contributed by atoms with Crippen LogP contribution in [0.2, 0.25) is 0 Å². The molecular formula is C15H23ClN2O3. The summed E-state index contributed by atoms with van der Waals surface area (Å²) in [6, 6.07) is 7.23. The van der Waals surface area contributed by atoms with Gasteiger partial charge >= 0.3 is 0 Å². The number of rotatable bonds is 6. The molecule has 1 atom stereocenters. The normalized spacial score (nSPS) is 20.7. The number of halogens is 1. The Balaban J connectivity index is 0.00000220. The molecule has 1 aliphatic heterocycles. The molecule has 6 heteroatoms. The van der Waals surface area contributed by atoms with Gasteiger partial charge in [-0.1, -0.05) is 12.1 Å². The van der Waals surface area contributed by atoms with Crippen LogP contribution >= 0.6 is 12.4 Å². The lowest BCUT2D eigenvalue weighted by Crippen LogP contribution is -2.53. The molecule has 21 heavy (non-hydrogen) atoms. The van der Waals surface area contributed by atoms with Crippen LogP contribution in [0.4, 0.5) is 0 Å². The number of methoxy groups -OCH3 is 2. The summed E-state index contributed by atoms with van der Waals surface area (Å²) in [6.07, 6.45) is 2.11. The lowest BCUT2D eigenvalue weighted by atomic mass is 9.98. The number of nitrogens with one attached hydrogen (secondary N) is 2. The van der Waals surface area contributed by atoms with E-state index in [2.05, 4.69) is 10.6 Å². The Morgan fingerprint density at radius 3 is 2.76 bits per heavy atom. The molecule has 1 unspecified atom stereocenters. The van der Waals surface area contributed by atoms with E-state index in [0.29, 0.717) is 24.5 Å². The highest BCUT2D eigenvalue weighted by atomic mass is 35.5. The van der Waals surface area contributed by atoms with Crippen LogP contribution in [-0.2, 0) is 4.74 Å². The van der Waals surface area contributed by atoms with Crippen LogP contribution in [0.1, 0.15) is 23.2 Å². The van der Waals surface area contributed by atoms with Crippen molar-refractivity contribution in [1.82, 2.24) is 10.6 Å². The maximum atomic E-state index is 12.3. The van der Waals surface area contributed by atoms with E-state index in [1.54, 1.807) is 26.4 Å². The molecule has 0 radical (unpaired) electrons. The van der Waals surface area contributed by atoms with E-state index in [4.69, 9.17) is 9.47 Å². The number of carbonyl (C=O) groups excluding carboxylic acids is 1. The first kappa shape index (κ1) is 17.8. The molecule has 0 bridgehead atoms. The van der Waals surface area contributed by atoms with Crippen LogP contribution in [0.15, 0.2) is 24.3 Å². The van der Waals surface area contributed by atoms with Crippen molar-refractivity contribution in [3.63, 3.8) is 0 Å². The molecule has 1 aromatic rings. The Morgan fingerprint density at radius 1 is 1.38 bits per heavy atom. The van der Waals surface area contributed by atoms with Crippen molar-refractivity contribution in [3.05, 3.63) is 29.8 Å². The fraction of sp³-hybridized carbons (Fsp3) is 0.533. The Kier molecular flexibility index (Phi) is 6.95. The Labute approximate surface area is 131 Å². The maximum Gasteiger partial charge on any atom is 0.255 e. The fourth-order valence-corrected chi connectivity index (χ4v) is 2.65. The first-order valence-corrected chi connectivity index (χ1v) is 6.86. The third kappa shape index (κ3) is 4.33. The molecule has 1 heterocycles. The van der Waals surface area contributed by atoms with Crippen LogP contribution in [0, 0.1) is 0 Å². The van der Waals surface area contributed by atoms with Gasteiger partial charge in [0.2, 0.25) is 0 Å². The van der Waals surface area contributed by atoms with Gasteiger partial charge in [-0.3, -0.25) is 4.79 Å². The molecule has 1 aliphatic rings. The van der Waals surface area contributed by atoms with Crippen molar-refractivity contribution < 1.29 is 14.3 Å². The molecule has 2 rings (SSSR count). The molecule has 0 spiro atoms. The summed E-state index contributed by atoms with van der Waals surface area (Å²) in [6.45, 7) is 2.12. The number of hydrogen-bond donors (Lipinski definition) is 2. The predicted molar refractivity (Wildman–Crippen MR) is 84.4 cm³/mol. The zero-order valence-electron chi connectivity index (χ0n) is 12.5. The van der Waals surface area contributed by atoms with Gasteiger partial charge in [-0.2, -0.15) is 0 Å². The number of amides is 1. The number of para-hydroxylation sites is 1. The first-order valence-electron chi connectivity index (χ1n) is 6.86. The maximum absolute atomic E-state index is 12.3. The van der Waals surface area contributed by atoms with Gasteiger partial charge in [-0.25, -0.2) is 0 Å². The molecule has 1 fully saturated rings. The minimum absolute atomic E-state index is 0. The number of benzene rings is 1. The summed E-state index contributed by atoms with van der Waals surface area (Å²) in [4.78, 5) is 12.3. The van der Waals surface area contributed by atoms with E-state index < -0.39 is 0 Å². The van der Waals surface area contributed by atoms with Crippen molar-refractivity contribution in [2.24, 2.45) is 0 Å². The zero-order chi connectivity index (χ0) is 14.4. The molecule has 0 saturated carbocycles. The highest BCUT2D eigenvalue weighted by molar-refractivity contribution is 5.96. The molecule has 2 N–H and O–H groups in total. The van der Waals surface area contributed by atoms with E-state index >= 15 is 0 Å². The van der Waals surface area contributed by atoms with Gasteiger partial charge in [0.05, 0.1) is 24.8 Å². The lowest BCUT2D eigenvalue weighted by molar-refractivity contribution is 0.0889. The van der Waals surface area contributed by atoms with Gasteiger partial charge in [-0.15, -0.1) is 12.4 Å². The average molecular weight is 315 g/mol. The highest BCUT2D eigenvalue weighted by Gasteiger charge is 2.33. The van der Waals surface area contributed by atoms with Crippen molar-refractivity contribution in [1.29, 1.82) is 0 Å². The monoisotopic (exact) mass is 314 g/mol. The average Bonchev–Trinajstić information content (AvgIpc) is 2.94. The molecule has 1 aromatic carbocycles. The fourth-order valence-electron chi connectivity index (χ4n) is 2.65. The second kappa shape index (κ2) is 8.22. The minimum atomic E-state index is -0.146. The molecule has 118 valence electrons. The second-order valence-corrected chi connectivity index (χ2v) is 5.13. The smallest absolute Gasteiger partial charge is 0.255 e. The van der Waals surface area contributed by atoms with Gasteiger partial charge in [0, 0.05) is 13.7 Å². The Bertz CT molecular complexity index is 462. The van der Waals surface area contributed by atoms with Crippen molar-refractivity contribution in [3.8, 4) is 5.75 Å². The Morgan fingerprint density at radius 2 is 2.14 bits per heavy atom. The van der Waals surface area contributed by atoms with E-state index in [1.165, 1.54) is 0 Å². The number of hydrogen-bond acceptors (Lipinski definition) is 4. The third-order valence-electron chi connectivity index (χ3n) is 3.69. The lowest BCUT2D eigenvalue weighted by Gasteiger charge is -2.29. The summed E-state index contributed by atoms with van der Waals surface area (Å²) in [5.41, 5.74) is 0.410. The molecule has 1 saturated heterocycles. The topological polar surface area (TPSA) is 59.6 Å². The van der Waals surface area contributed by atoms with Crippen molar-refractivity contribution >= 4 is 18.3 Å². The van der Waals surface area contributed by atoms with Gasteiger partial charge in [0.25, 0.3) is 5.91 Å². The quantitative estimate of drug-likeness (QED) is 0.837. The van der Waals surface area contributed by atoms with E-state index in [-0.39, 0.29) is 23.9 Å². The van der Waals surface area contributed by atoms with Crippen LogP contribution in [0.5, 0.6) is 5.75 Å². The predicted octanol–water partition coefficient (Wildman–Crippen LogP) is 1.62. The van der Waals surface area contributed by atoms with Gasteiger partial charge in [0.1, 0.15) is 5.75 Å². The number of ether oxygens (including phenoxy) is 2. The molecule has 1 amide bonds. The summed E-state index contributed by atoms with van der Waals surface area (Å²) in [5.74, 6) is 0.469. The van der Waals surface area contributed by atoms with Crippen molar-refractivity contribution in [2.75, 3.05) is 33.9 Å². The van der Waals surface area contributed by atoms with Gasteiger partial charge < -0.3 is 20.1 Å². The highest BCUT2D eigenvalue weighted by Crippen LogP contribution is 2.20. The Hall–Kier alpha value is -1.30. The molecule has 5 nitrogen and oxygen atoms in total. The molecule has 0 aliphatic carbocycles. The zero-order valence-corrected chi connectivity index (χ0v) is 13.3. The minimum Gasteiger partial charge on any atom is -0.496 e. The second-order valence-electron chi connectivity index (χ2n) is 5.13. The van der Waals surface area contributed by atoms with Crippen LogP contribution in [-0.4, -0.2) is 45.4 Å². The summed E-state index contributed by atoms with van der Waals surface area (Å²) in [7, 11) is 3.25. The summed E-state index contributed by atoms with van der Waals surface area (Å²) < 4.78 is 10.5. The SMILES string of the molecule is COCC1(CNC(=O)c2ccccc2OC)CCCN1.Cl.